The normalized spacial score (nSPS) is 20.7. The van der Waals surface area contributed by atoms with Crippen LogP contribution in [0.15, 0.2) is 30.9 Å². The Kier molecular flexibility index (Phi) is 4.64. The molecule has 1 amide bonds. The van der Waals surface area contributed by atoms with Crippen molar-refractivity contribution in [3.05, 3.63) is 36.4 Å². The number of ether oxygens (including phenoxy) is 1. The molecule has 1 unspecified atom stereocenters. The molecular weight excluding hydrogens is 368 g/mol. The zero-order chi connectivity index (χ0) is 20.8. The van der Waals surface area contributed by atoms with Gasteiger partial charge < -0.3 is 15.8 Å². The molecule has 1 saturated carbocycles. The molecule has 4 rings (SSSR count). The number of anilines is 1. The Hall–Kier alpha value is -3.16. The molecule has 3 heterocycles. The van der Waals surface area contributed by atoms with Crippen LogP contribution < -0.4 is 15.8 Å². The molecule has 0 radical (unpaired) electrons. The van der Waals surface area contributed by atoms with Gasteiger partial charge in [0.25, 0.3) is 5.91 Å². The number of fused-ring (bicyclic) bond motifs is 1. The van der Waals surface area contributed by atoms with Gasteiger partial charge in [-0.05, 0) is 30.2 Å². The fraction of sp³-hybridized carbons (Fsp3) is 0.429. The third-order valence-corrected chi connectivity index (χ3v) is 6.42. The summed E-state index contributed by atoms with van der Waals surface area (Å²) in [6, 6.07) is 2.52. The first kappa shape index (κ1) is 19.2. The van der Waals surface area contributed by atoms with Gasteiger partial charge in [-0.1, -0.05) is 20.8 Å². The van der Waals surface area contributed by atoms with Gasteiger partial charge in [-0.25, -0.2) is 14.5 Å². The second-order valence-electron chi connectivity index (χ2n) is 8.31. The number of carbonyl (C=O) groups is 1. The number of hydrogen-bond donors (Lipinski definition) is 2. The number of amides is 1. The SMILES string of the molecule is COc1ncc(-c2cc3c(N[C@@H]4CCC(C)C4(C)C)c(C(N)=O)cnn3c2)cn1. The van der Waals surface area contributed by atoms with Crippen LogP contribution in [0.5, 0.6) is 6.01 Å². The van der Waals surface area contributed by atoms with Crippen molar-refractivity contribution in [2.45, 2.75) is 39.7 Å². The average molecular weight is 394 g/mol. The molecule has 0 saturated heterocycles. The van der Waals surface area contributed by atoms with E-state index in [0.29, 0.717) is 17.5 Å². The van der Waals surface area contributed by atoms with Crippen LogP contribution in [0, 0.1) is 11.3 Å². The van der Waals surface area contributed by atoms with Gasteiger partial charge in [-0.3, -0.25) is 4.79 Å². The molecule has 2 atom stereocenters. The van der Waals surface area contributed by atoms with E-state index in [1.54, 1.807) is 16.9 Å². The van der Waals surface area contributed by atoms with Crippen molar-refractivity contribution in [2.24, 2.45) is 17.1 Å². The third kappa shape index (κ3) is 3.28. The van der Waals surface area contributed by atoms with Gasteiger partial charge in [0.15, 0.2) is 0 Å². The predicted molar refractivity (Wildman–Crippen MR) is 111 cm³/mol. The van der Waals surface area contributed by atoms with Crippen molar-refractivity contribution in [3.8, 4) is 17.1 Å². The van der Waals surface area contributed by atoms with Crippen molar-refractivity contribution in [2.75, 3.05) is 12.4 Å². The Labute approximate surface area is 169 Å². The van der Waals surface area contributed by atoms with E-state index in [9.17, 15) is 4.79 Å². The number of methoxy groups -OCH3 is 1. The van der Waals surface area contributed by atoms with Crippen LogP contribution in [0.2, 0.25) is 0 Å². The maximum atomic E-state index is 12.1. The van der Waals surface area contributed by atoms with Crippen molar-refractivity contribution >= 4 is 17.1 Å². The van der Waals surface area contributed by atoms with Crippen LogP contribution in [-0.4, -0.2) is 38.6 Å². The van der Waals surface area contributed by atoms with Gasteiger partial charge in [0.05, 0.1) is 30.1 Å². The minimum Gasteiger partial charge on any atom is -0.467 e. The van der Waals surface area contributed by atoms with Crippen LogP contribution in [0.4, 0.5) is 5.69 Å². The summed E-state index contributed by atoms with van der Waals surface area (Å²) in [5, 5.41) is 8.00. The van der Waals surface area contributed by atoms with Crippen molar-refractivity contribution in [1.29, 1.82) is 0 Å². The molecule has 152 valence electrons. The summed E-state index contributed by atoms with van der Waals surface area (Å²) in [4.78, 5) is 20.5. The highest BCUT2D eigenvalue weighted by Crippen LogP contribution is 2.44. The summed E-state index contributed by atoms with van der Waals surface area (Å²) in [6.07, 6.45) is 9.00. The number of nitrogens with one attached hydrogen (secondary N) is 1. The van der Waals surface area contributed by atoms with Crippen molar-refractivity contribution in [3.63, 3.8) is 0 Å². The van der Waals surface area contributed by atoms with Crippen LogP contribution in [0.1, 0.15) is 44.0 Å². The van der Waals surface area contributed by atoms with E-state index in [1.807, 2.05) is 12.3 Å². The van der Waals surface area contributed by atoms with Crippen LogP contribution in [0.25, 0.3) is 16.6 Å². The average Bonchev–Trinajstić information content (AvgIpc) is 3.24. The molecule has 0 bridgehead atoms. The zero-order valence-electron chi connectivity index (χ0n) is 17.1. The molecule has 1 fully saturated rings. The molecule has 0 aliphatic heterocycles. The van der Waals surface area contributed by atoms with Gasteiger partial charge in [0.1, 0.15) is 0 Å². The van der Waals surface area contributed by atoms with Gasteiger partial charge >= 0.3 is 6.01 Å². The Morgan fingerprint density at radius 1 is 1.24 bits per heavy atom. The highest BCUT2D eigenvalue weighted by molar-refractivity contribution is 6.02. The smallest absolute Gasteiger partial charge is 0.316 e. The van der Waals surface area contributed by atoms with Gasteiger partial charge in [0.2, 0.25) is 0 Å². The van der Waals surface area contributed by atoms with E-state index >= 15 is 0 Å². The zero-order valence-corrected chi connectivity index (χ0v) is 17.1. The first-order valence-electron chi connectivity index (χ1n) is 9.75. The largest absolute Gasteiger partial charge is 0.467 e. The number of nitrogens with zero attached hydrogens (tertiary/aromatic N) is 4. The number of rotatable bonds is 5. The van der Waals surface area contributed by atoms with E-state index in [-0.39, 0.29) is 11.5 Å². The molecule has 3 N–H and O–H groups in total. The fourth-order valence-electron chi connectivity index (χ4n) is 4.06. The quantitative estimate of drug-likeness (QED) is 0.688. The topological polar surface area (TPSA) is 107 Å². The van der Waals surface area contributed by atoms with Crippen molar-refractivity contribution < 1.29 is 9.53 Å². The molecule has 3 aromatic heterocycles. The molecule has 1 aliphatic carbocycles. The second-order valence-corrected chi connectivity index (χ2v) is 8.31. The molecule has 0 aromatic carbocycles. The van der Waals surface area contributed by atoms with E-state index in [1.165, 1.54) is 13.3 Å². The van der Waals surface area contributed by atoms with Gasteiger partial charge in [-0.2, -0.15) is 5.10 Å². The lowest BCUT2D eigenvalue weighted by molar-refractivity contribution is 0.100. The number of nitrogens with two attached hydrogens (primary N) is 1. The van der Waals surface area contributed by atoms with Crippen molar-refractivity contribution in [1.82, 2.24) is 19.6 Å². The molecule has 0 spiro atoms. The fourth-order valence-corrected chi connectivity index (χ4v) is 4.06. The second kappa shape index (κ2) is 7.02. The van der Waals surface area contributed by atoms with E-state index in [4.69, 9.17) is 10.5 Å². The number of aromatic nitrogens is 4. The van der Waals surface area contributed by atoms with E-state index in [0.717, 1.165) is 35.2 Å². The highest BCUT2D eigenvalue weighted by Gasteiger charge is 2.41. The minimum atomic E-state index is -0.498. The van der Waals surface area contributed by atoms with Gasteiger partial charge in [-0.15, -0.1) is 0 Å². The lowest BCUT2D eigenvalue weighted by Gasteiger charge is -2.33. The lowest BCUT2D eigenvalue weighted by Crippen LogP contribution is -2.35. The Morgan fingerprint density at radius 3 is 2.55 bits per heavy atom. The monoisotopic (exact) mass is 394 g/mol. The summed E-state index contributed by atoms with van der Waals surface area (Å²) >= 11 is 0. The standard InChI is InChI=1S/C21H26N6O2/c1-12-5-6-17(21(12,2)3)26-18-15(19(22)28)10-25-27-11-13(7-16(18)27)14-8-23-20(29-4)24-9-14/h7-12,17,26H,5-6H2,1-4H3,(H2,22,28)/t12?,17-/m1/s1. The Bertz CT molecular complexity index is 1060. The van der Waals surface area contributed by atoms with E-state index in [2.05, 4.69) is 41.2 Å². The predicted octanol–water partition coefficient (Wildman–Crippen LogP) is 3.14. The molecule has 29 heavy (non-hydrogen) atoms. The molecule has 8 heteroatoms. The van der Waals surface area contributed by atoms with Crippen LogP contribution >= 0.6 is 0 Å². The number of hydrogen-bond acceptors (Lipinski definition) is 6. The third-order valence-electron chi connectivity index (χ3n) is 6.42. The van der Waals surface area contributed by atoms with Gasteiger partial charge in [0, 0.05) is 35.8 Å². The first-order chi connectivity index (χ1) is 13.8. The highest BCUT2D eigenvalue weighted by atomic mass is 16.5. The summed E-state index contributed by atoms with van der Waals surface area (Å²) in [7, 11) is 1.53. The molecule has 3 aromatic rings. The summed E-state index contributed by atoms with van der Waals surface area (Å²) < 4.78 is 6.78. The lowest BCUT2D eigenvalue weighted by atomic mass is 9.80. The maximum Gasteiger partial charge on any atom is 0.316 e. The summed E-state index contributed by atoms with van der Waals surface area (Å²) in [6.45, 7) is 6.81. The van der Waals surface area contributed by atoms with Crippen LogP contribution in [0.3, 0.4) is 0 Å². The Balaban J connectivity index is 1.79. The minimum absolute atomic E-state index is 0.106. The number of primary amides is 1. The molecule has 8 nitrogen and oxygen atoms in total. The molecule has 1 aliphatic rings. The molecular formula is C21H26N6O2. The summed E-state index contributed by atoms with van der Waals surface area (Å²) in [5.41, 5.74) is 9.40. The van der Waals surface area contributed by atoms with E-state index < -0.39 is 5.91 Å². The maximum absolute atomic E-state index is 12.1. The number of carbonyl (C=O) groups excluding carboxylic acids is 1. The summed E-state index contributed by atoms with van der Waals surface area (Å²) in [5.74, 6) is 0.0931. The Morgan fingerprint density at radius 2 is 1.97 bits per heavy atom. The van der Waals surface area contributed by atoms with Crippen LogP contribution in [-0.2, 0) is 0 Å². The first-order valence-corrected chi connectivity index (χ1v) is 9.75.